The van der Waals surface area contributed by atoms with Crippen LogP contribution in [-0.2, 0) is 41.8 Å². The Bertz CT molecular complexity index is 1040. The summed E-state index contributed by atoms with van der Waals surface area (Å²) in [5.41, 5.74) is -1.19. The zero-order valence-electron chi connectivity index (χ0n) is 16.0. The van der Waals surface area contributed by atoms with Crippen LogP contribution in [0, 0.1) is 0 Å². The summed E-state index contributed by atoms with van der Waals surface area (Å²) in [5, 5.41) is 2.49. The highest BCUT2D eigenvalue weighted by atomic mass is 32.2. The van der Waals surface area contributed by atoms with Crippen molar-refractivity contribution in [2.24, 2.45) is 0 Å². The fourth-order valence-electron chi connectivity index (χ4n) is 3.30. The van der Waals surface area contributed by atoms with E-state index in [-0.39, 0.29) is 12.1 Å². The quantitative estimate of drug-likeness (QED) is 0.699. The standard InChI is InChI=1S/C18H19F6N3O2S/c1-10(2)30(28,29)26-14-6-12-4-3-11(5-13(12)7-14)9-27-16(18(22,23)24)8-15(25-27)17(19,20)21/h3-5,8,10,14,26H,6-7,9H2,1-2H3. The van der Waals surface area contributed by atoms with Crippen LogP contribution < -0.4 is 4.72 Å². The van der Waals surface area contributed by atoms with E-state index in [4.69, 9.17) is 0 Å². The third-order valence-electron chi connectivity index (χ3n) is 4.85. The number of aromatic nitrogens is 2. The van der Waals surface area contributed by atoms with Crippen LogP contribution in [-0.4, -0.2) is 29.5 Å². The predicted molar refractivity (Wildman–Crippen MR) is 96.2 cm³/mol. The van der Waals surface area contributed by atoms with E-state index < -0.39 is 45.6 Å². The van der Waals surface area contributed by atoms with Gasteiger partial charge in [-0.1, -0.05) is 18.2 Å². The molecule has 12 heteroatoms. The van der Waals surface area contributed by atoms with Gasteiger partial charge in [0.25, 0.3) is 0 Å². The average molecular weight is 455 g/mol. The number of nitrogens with one attached hydrogen (secondary N) is 1. The Balaban J connectivity index is 1.83. The third kappa shape index (κ3) is 4.80. The molecule has 166 valence electrons. The SMILES string of the molecule is CC(C)S(=O)(=O)NC1Cc2ccc(Cn3nc(C(F)(F)F)cc3C(F)(F)F)cc2C1. The number of halogens is 6. The number of sulfonamides is 1. The molecule has 0 radical (unpaired) electrons. The Hall–Kier alpha value is -2.08. The molecular weight excluding hydrogens is 436 g/mol. The lowest BCUT2D eigenvalue weighted by Gasteiger charge is -2.14. The van der Waals surface area contributed by atoms with E-state index in [0.717, 1.165) is 11.1 Å². The van der Waals surface area contributed by atoms with Crippen LogP contribution in [0.25, 0.3) is 0 Å². The van der Waals surface area contributed by atoms with Gasteiger partial charge in [-0.05, 0) is 43.4 Å². The van der Waals surface area contributed by atoms with Crippen molar-refractivity contribution in [1.29, 1.82) is 0 Å². The highest BCUT2D eigenvalue weighted by Crippen LogP contribution is 2.35. The van der Waals surface area contributed by atoms with Crippen molar-refractivity contribution in [1.82, 2.24) is 14.5 Å². The van der Waals surface area contributed by atoms with Crippen molar-refractivity contribution < 1.29 is 34.8 Å². The molecule has 0 amide bonds. The molecule has 2 aromatic rings. The van der Waals surface area contributed by atoms with Gasteiger partial charge in [-0.3, -0.25) is 4.68 Å². The fraction of sp³-hybridized carbons (Fsp3) is 0.500. The van der Waals surface area contributed by atoms with Crippen LogP contribution >= 0.6 is 0 Å². The van der Waals surface area contributed by atoms with Gasteiger partial charge in [-0.2, -0.15) is 31.4 Å². The first kappa shape index (κ1) is 22.6. The molecule has 5 nitrogen and oxygen atoms in total. The summed E-state index contributed by atoms with van der Waals surface area (Å²) in [6.07, 6.45) is -9.22. The maximum atomic E-state index is 13.2. The van der Waals surface area contributed by atoms with E-state index >= 15 is 0 Å². The Kier molecular flexibility index (Phi) is 5.69. The normalized spacial score (nSPS) is 17.6. The van der Waals surface area contributed by atoms with Gasteiger partial charge in [0.2, 0.25) is 10.0 Å². The zero-order chi connectivity index (χ0) is 22.5. The molecule has 1 heterocycles. The lowest BCUT2D eigenvalue weighted by Crippen LogP contribution is -2.39. The summed E-state index contributed by atoms with van der Waals surface area (Å²) in [7, 11) is -3.49. The average Bonchev–Trinajstić information content (AvgIpc) is 3.16. The third-order valence-corrected chi connectivity index (χ3v) is 6.75. The minimum Gasteiger partial charge on any atom is -0.255 e. The molecule has 0 fully saturated rings. The van der Waals surface area contributed by atoms with E-state index in [0.29, 0.717) is 23.1 Å². The van der Waals surface area contributed by atoms with Crippen molar-refractivity contribution >= 4 is 10.0 Å². The summed E-state index contributed by atoms with van der Waals surface area (Å²) >= 11 is 0. The molecule has 30 heavy (non-hydrogen) atoms. The van der Waals surface area contributed by atoms with Gasteiger partial charge in [-0.25, -0.2) is 13.1 Å². The lowest BCUT2D eigenvalue weighted by atomic mass is 10.1. The smallest absolute Gasteiger partial charge is 0.255 e. The van der Waals surface area contributed by atoms with E-state index in [1.54, 1.807) is 26.0 Å². The van der Waals surface area contributed by atoms with Crippen LogP contribution in [0.1, 0.15) is 41.9 Å². The maximum absolute atomic E-state index is 13.2. The molecule has 0 saturated heterocycles. The maximum Gasteiger partial charge on any atom is 0.435 e. The minimum atomic E-state index is -5.00. The van der Waals surface area contributed by atoms with E-state index in [9.17, 15) is 34.8 Å². The molecule has 1 aliphatic carbocycles. The van der Waals surface area contributed by atoms with Crippen LogP contribution in [0.4, 0.5) is 26.3 Å². The van der Waals surface area contributed by atoms with Gasteiger partial charge in [0.15, 0.2) is 5.69 Å². The molecule has 0 saturated carbocycles. The number of benzene rings is 1. The fourth-order valence-corrected chi connectivity index (χ4v) is 4.20. The second kappa shape index (κ2) is 7.56. The van der Waals surface area contributed by atoms with Gasteiger partial charge < -0.3 is 0 Å². The van der Waals surface area contributed by atoms with Crippen molar-refractivity contribution in [3.8, 4) is 0 Å². The number of fused-ring (bicyclic) bond motifs is 1. The Morgan fingerprint density at radius 2 is 1.70 bits per heavy atom. The lowest BCUT2D eigenvalue weighted by molar-refractivity contribution is -0.144. The number of rotatable bonds is 5. The van der Waals surface area contributed by atoms with Crippen LogP contribution in [0.2, 0.25) is 0 Å². The van der Waals surface area contributed by atoms with Gasteiger partial charge >= 0.3 is 12.4 Å². The summed E-state index contributed by atoms with van der Waals surface area (Å²) in [6.45, 7) is 2.58. The topological polar surface area (TPSA) is 64.0 Å². The Labute approximate surface area is 169 Å². The van der Waals surface area contributed by atoms with Gasteiger partial charge in [0.1, 0.15) is 5.69 Å². The predicted octanol–water partition coefficient (Wildman–Crippen LogP) is 3.76. The van der Waals surface area contributed by atoms with Gasteiger partial charge in [-0.15, -0.1) is 0 Å². The summed E-state index contributed by atoms with van der Waals surface area (Å²) in [6, 6.07) is 4.34. The second-order valence-corrected chi connectivity index (χ2v) is 9.76. The molecule has 0 bridgehead atoms. The number of nitrogens with zero attached hydrogens (tertiary/aromatic N) is 2. The number of hydrogen-bond donors (Lipinski definition) is 1. The molecule has 1 aromatic carbocycles. The van der Waals surface area contributed by atoms with Crippen molar-refractivity contribution in [2.45, 2.75) is 56.9 Å². The van der Waals surface area contributed by atoms with E-state index in [2.05, 4.69) is 9.82 Å². The summed E-state index contributed by atoms with van der Waals surface area (Å²) < 4.78 is 105. The zero-order valence-corrected chi connectivity index (χ0v) is 16.8. The Morgan fingerprint density at radius 3 is 2.27 bits per heavy atom. The van der Waals surface area contributed by atoms with Crippen molar-refractivity contribution in [3.63, 3.8) is 0 Å². The molecule has 1 atom stereocenters. The van der Waals surface area contributed by atoms with Crippen LogP contribution in [0.5, 0.6) is 0 Å². The first-order valence-corrected chi connectivity index (χ1v) is 10.6. The number of alkyl halides is 6. The highest BCUT2D eigenvalue weighted by molar-refractivity contribution is 7.90. The second-order valence-electron chi connectivity index (χ2n) is 7.49. The molecule has 1 aromatic heterocycles. The largest absolute Gasteiger partial charge is 0.435 e. The van der Waals surface area contributed by atoms with Crippen molar-refractivity contribution in [2.75, 3.05) is 0 Å². The molecule has 3 rings (SSSR count). The first-order valence-electron chi connectivity index (χ1n) is 9.01. The van der Waals surface area contributed by atoms with Crippen molar-refractivity contribution in [3.05, 3.63) is 52.3 Å². The van der Waals surface area contributed by atoms with E-state index in [1.807, 2.05) is 0 Å². The molecule has 1 unspecified atom stereocenters. The van der Waals surface area contributed by atoms with Gasteiger partial charge in [0, 0.05) is 12.1 Å². The molecular formula is C18H19F6N3O2S. The highest BCUT2D eigenvalue weighted by Gasteiger charge is 2.41. The number of hydrogen-bond acceptors (Lipinski definition) is 3. The molecule has 1 N–H and O–H groups in total. The summed E-state index contributed by atoms with van der Waals surface area (Å²) in [5.74, 6) is 0. The van der Waals surface area contributed by atoms with Gasteiger partial charge in [0.05, 0.1) is 11.8 Å². The monoisotopic (exact) mass is 455 g/mol. The minimum absolute atomic E-state index is 0.00983. The molecule has 0 aliphatic heterocycles. The first-order chi connectivity index (χ1) is 13.7. The Morgan fingerprint density at radius 1 is 1.07 bits per heavy atom. The molecule has 1 aliphatic rings. The summed E-state index contributed by atoms with van der Waals surface area (Å²) in [4.78, 5) is 0. The molecule has 0 spiro atoms. The van der Waals surface area contributed by atoms with Crippen LogP contribution in [0.3, 0.4) is 0 Å². The van der Waals surface area contributed by atoms with E-state index in [1.165, 1.54) is 6.07 Å². The van der Waals surface area contributed by atoms with Crippen LogP contribution in [0.15, 0.2) is 24.3 Å².